The summed E-state index contributed by atoms with van der Waals surface area (Å²) in [4.78, 5) is 11.4. The zero-order valence-corrected chi connectivity index (χ0v) is 12.6. The van der Waals surface area contributed by atoms with Gasteiger partial charge >= 0.3 is 5.76 Å². The molecule has 0 aliphatic heterocycles. The van der Waals surface area contributed by atoms with Crippen molar-refractivity contribution in [3.05, 3.63) is 28.7 Å². The second-order valence-electron chi connectivity index (χ2n) is 4.31. The molecule has 0 aliphatic rings. The van der Waals surface area contributed by atoms with Crippen LogP contribution in [0.2, 0.25) is 0 Å². The molecule has 1 aromatic carbocycles. The van der Waals surface area contributed by atoms with E-state index in [1.165, 1.54) is 37.0 Å². The molecule has 0 saturated carbocycles. The quantitative estimate of drug-likeness (QED) is 0.755. The predicted octanol–water partition coefficient (Wildman–Crippen LogP) is 0.0287. The van der Waals surface area contributed by atoms with Crippen LogP contribution >= 0.6 is 0 Å². The molecule has 0 unspecified atom stereocenters. The second-order valence-corrected chi connectivity index (χ2v) is 6.08. The lowest BCUT2D eigenvalue weighted by atomic mass is 10.3. The molecule has 0 aliphatic carbocycles. The Morgan fingerprint density at radius 1 is 1.33 bits per heavy atom. The first kappa shape index (κ1) is 15.7. The topological polar surface area (TPSA) is 99.8 Å². The summed E-state index contributed by atoms with van der Waals surface area (Å²) in [5, 5.41) is 0. The van der Waals surface area contributed by atoms with Crippen molar-refractivity contribution in [3.63, 3.8) is 0 Å². The standard InChI is InChI=1S/C12H16N2O6S/c1-14-9-5-4-8(6-10(9)20-12(14)15)21(16,17)13-7-11(18-2)19-3/h4-6,11,13H,7H2,1-3H3. The second kappa shape index (κ2) is 5.98. The molecular weight excluding hydrogens is 300 g/mol. The molecule has 1 aromatic heterocycles. The SMILES string of the molecule is COC(CNS(=O)(=O)c1ccc2c(c1)oc(=O)n2C)OC. The van der Waals surface area contributed by atoms with E-state index in [4.69, 9.17) is 13.9 Å². The molecule has 0 amide bonds. The van der Waals surface area contributed by atoms with Crippen molar-refractivity contribution < 1.29 is 22.3 Å². The maximum absolute atomic E-state index is 12.2. The smallest absolute Gasteiger partial charge is 0.408 e. The van der Waals surface area contributed by atoms with Gasteiger partial charge in [0, 0.05) is 27.3 Å². The minimum atomic E-state index is -3.75. The van der Waals surface area contributed by atoms with Gasteiger partial charge in [-0.15, -0.1) is 0 Å². The van der Waals surface area contributed by atoms with Crippen LogP contribution in [0.5, 0.6) is 0 Å². The van der Waals surface area contributed by atoms with Crippen LogP contribution in [0.4, 0.5) is 0 Å². The summed E-state index contributed by atoms with van der Waals surface area (Å²) in [5.74, 6) is -0.550. The highest BCUT2D eigenvalue weighted by Gasteiger charge is 2.18. The van der Waals surface area contributed by atoms with Gasteiger partial charge in [0.1, 0.15) is 0 Å². The number of methoxy groups -OCH3 is 2. The number of oxazole rings is 1. The Balaban J connectivity index is 2.30. The minimum absolute atomic E-state index is 0.00435. The first-order valence-electron chi connectivity index (χ1n) is 6.04. The number of ether oxygens (including phenoxy) is 2. The third-order valence-corrected chi connectivity index (χ3v) is 4.46. The van der Waals surface area contributed by atoms with E-state index in [1.54, 1.807) is 7.05 Å². The Bertz CT molecular complexity index is 788. The van der Waals surface area contributed by atoms with Crippen molar-refractivity contribution in [1.29, 1.82) is 0 Å². The average molecular weight is 316 g/mol. The number of benzene rings is 1. The van der Waals surface area contributed by atoms with Crippen LogP contribution in [0.3, 0.4) is 0 Å². The Hall–Kier alpha value is -1.68. The van der Waals surface area contributed by atoms with Crippen molar-refractivity contribution in [2.45, 2.75) is 11.2 Å². The van der Waals surface area contributed by atoms with Crippen LogP contribution in [0.15, 0.2) is 32.3 Å². The largest absolute Gasteiger partial charge is 0.419 e. The fourth-order valence-electron chi connectivity index (χ4n) is 1.81. The van der Waals surface area contributed by atoms with Gasteiger partial charge in [-0.1, -0.05) is 0 Å². The molecule has 2 aromatic rings. The summed E-state index contributed by atoms with van der Waals surface area (Å²) in [7, 11) is 0.612. The Morgan fingerprint density at radius 3 is 2.62 bits per heavy atom. The summed E-state index contributed by atoms with van der Waals surface area (Å²) in [5.41, 5.74) is 0.728. The number of aryl methyl sites for hydroxylation is 1. The van der Waals surface area contributed by atoms with Crippen LogP contribution in [-0.2, 0) is 26.5 Å². The van der Waals surface area contributed by atoms with Crippen LogP contribution in [0, 0.1) is 0 Å². The van der Waals surface area contributed by atoms with Gasteiger partial charge in [0.2, 0.25) is 10.0 Å². The van der Waals surface area contributed by atoms with E-state index in [2.05, 4.69) is 4.72 Å². The lowest BCUT2D eigenvalue weighted by molar-refractivity contribution is -0.0960. The van der Waals surface area contributed by atoms with Crippen molar-refractivity contribution in [2.75, 3.05) is 20.8 Å². The van der Waals surface area contributed by atoms with E-state index >= 15 is 0 Å². The van der Waals surface area contributed by atoms with E-state index < -0.39 is 22.1 Å². The van der Waals surface area contributed by atoms with Gasteiger partial charge in [-0.25, -0.2) is 17.9 Å². The highest BCUT2D eigenvalue weighted by atomic mass is 32.2. The molecule has 0 saturated heterocycles. The summed E-state index contributed by atoms with van der Waals surface area (Å²) < 4.78 is 42.7. The number of aromatic nitrogens is 1. The molecule has 2 rings (SSSR count). The lowest BCUT2D eigenvalue weighted by Gasteiger charge is -2.14. The highest BCUT2D eigenvalue weighted by Crippen LogP contribution is 2.17. The third-order valence-electron chi connectivity index (χ3n) is 3.04. The zero-order chi connectivity index (χ0) is 15.6. The number of sulfonamides is 1. The Labute approximate surface area is 121 Å². The van der Waals surface area contributed by atoms with Gasteiger partial charge in [-0.2, -0.15) is 0 Å². The number of fused-ring (bicyclic) bond motifs is 1. The normalized spacial score (nSPS) is 12.4. The highest BCUT2D eigenvalue weighted by molar-refractivity contribution is 7.89. The molecule has 21 heavy (non-hydrogen) atoms. The molecule has 0 spiro atoms. The molecule has 1 heterocycles. The maximum atomic E-state index is 12.2. The molecule has 0 fully saturated rings. The van der Waals surface area contributed by atoms with E-state index in [9.17, 15) is 13.2 Å². The van der Waals surface area contributed by atoms with Gasteiger partial charge in [-0.3, -0.25) is 4.57 Å². The van der Waals surface area contributed by atoms with Crippen molar-refractivity contribution in [2.24, 2.45) is 7.05 Å². The Kier molecular flexibility index (Phi) is 4.47. The summed E-state index contributed by atoms with van der Waals surface area (Å²) in [6.45, 7) is -0.0356. The van der Waals surface area contributed by atoms with E-state index in [0.29, 0.717) is 5.52 Å². The average Bonchev–Trinajstić information content (AvgIpc) is 2.74. The van der Waals surface area contributed by atoms with E-state index in [0.717, 1.165) is 0 Å². The summed E-state index contributed by atoms with van der Waals surface area (Å²) in [6, 6.07) is 4.21. The predicted molar refractivity (Wildman–Crippen MR) is 74.4 cm³/mol. The van der Waals surface area contributed by atoms with Crippen molar-refractivity contribution in [3.8, 4) is 0 Å². The van der Waals surface area contributed by atoms with E-state index in [1.807, 2.05) is 0 Å². The minimum Gasteiger partial charge on any atom is -0.408 e. The van der Waals surface area contributed by atoms with Gasteiger partial charge in [0.15, 0.2) is 11.9 Å². The van der Waals surface area contributed by atoms with Crippen LogP contribution in [0.25, 0.3) is 11.1 Å². The summed E-state index contributed by atoms with van der Waals surface area (Å²) in [6.07, 6.45) is -0.682. The molecule has 9 heteroatoms. The van der Waals surface area contributed by atoms with Crippen molar-refractivity contribution in [1.82, 2.24) is 9.29 Å². The van der Waals surface area contributed by atoms with Crippen LogP contribution < -0.4 is 10.5 Å². The number of rotatable bonds is 6. The Morgan fingerprint density at radius 2 is 2.00 bits per heavy atom. The fraction of sp³-hybridized carbons (Fsp3) is 0.417. The van der Waals surface area contributed by atoms with Gasteiger partial charge < -0.3 is 13.9 Å². The monoisotopic (exact) mass is 316 g/mol. The number of nitrogens with zero attached hydrogens (tertiary/aromatic N) is 1. The molecule has 116 valence electrons. The molecule has 1 N–H and O–H groups in total. The zero-order valence-electron chi connectivity index (χ0n) is 11.8. The molecular formula is C12H16N2O6S. The van der Waals surface area contributed by atoms with Crippen LogP contribution in [-0.4, -0.2) is 40.0 Å². The lowest BCUT2D eigenvalue weighted by Crippen LogP contribution is -2.34. The third kappa shape index (κ3) is 3.16. The van der Waals surface area contributed by atoms with E-state index in [-0.39, 0.29) is 17.0 Å². The van der Waals surface area contributed by atoms with Gasteiger partial charge in [-0.05, 0) is 12.1 Å². The van der Waals surface area contributed by atoms with Gasteiger partial charge in [0.25, 0.3) is 0 Å². The molecule has 8 nitrogen and oxygen atoms in total. The molecule has 0 radical (unpaired) electrons. The molecule has 0 bridgehead atoms. The maximum Gasteiger partial charge on any atom is 0.419 e. The molecule has 0 atom stereocenters. The first-order valence-corrected chi connectivity index (χ1v) is 7.52. The van der Waals surface area contributed by atoms with Crippen molar-refractivity contribution >= 4 is 21.1 Å². The fourth-order valence-corrected chi connectivity index (χ4v) is 2.84. The number of hydrogen-bond acceptors (Lipinski definition) is 6. The summed E-state index contributed by atoms with van der Waals surface area (Å²) >= 11 is 0. The van der Waals surface area contributed by atoms with Crippen LogP contribution in [0.1, 0.15) is 0 Å². The van der Waals surface area contributed by atoms with Gasteiger partial charge in [0.05, 0.1) is 17.0 Å². The first-order chi connectivity index (χ1) is 9.89. The number of nitrogens with one attached hydrogen (secondary N) is 1. The number of hydrogen-bond donors (Lipinski definition) is 1.